The minimum Gasteiger partial charge on any atom is -0.481 e. The zero-order valence-corrected chi connectivity index (χ0v) is 17.5. The summed E-state index contributed by atoms with van der Waals surface area (Å²) in [6, 6.07) is 22.7. The fourth-order valence-electron chi connectivity index (χ4n) is 4.12. The molecule has 0 saturated carbocycles. The van der Waals surface area contributed by atoms with Crippen LogP contribution in [-0.2, 0) is 16.0 Å². The van der Waals surface area contributed by atoms with E-state index in [4.69, 9.17) is 16.3 Å². The monoisotopic (exact) mass is 435 g/mol. The highest BCUT2D eigenvalue weighted by Crippen LogP contribution is 2.44. The van der Waals surface area contributed by atoms with Crippen molar-refractivity contribution >= 4 is 23.7 Å². The SMILES string of the molecule is O=C(O)C[C@@H](Cc1ccccc1Cl)NC(=O)OCC1c2ccccc2-c2ccccc21. The van der Waals surface area contributed by atoms with Crippen molar-refractivity contribution in [3.63, 3.8) is 0 Å². The van der Waals surface area contributed by atoms with Crippen LogP contribution in [0.3, 0.4) is 0 Å². The third kappa shape index (κ3) is 4.72. The Balaban J connectivity index is 1.44. The van der Waals surface area contributed by atoms with Crippen LogP contribution in [-0.4, -0.2) is 29.8 Å². The van der Waals surface area contributed by atoms with Gasteiger partial charge in [0.25, 0.3) is 0 Å². The molecule has 0 saturated heterocycles. The van der Waals surface area contributed by atoms with E-state index < -0.39 is 18.1 Å². The third-order valence-electron chi connectivity index (χ3n) is 5.51. The largest absolute Gasteiger partial charge is 0.481 e. The second-order valence-electron chi connectivity index (χ2n) is 7.56. The summed E-state index contributed by atoms with van der Waals surface area (Å²) >= 11 is 6.19. The molecule has 158 valence electrons. The van der Waals surface area contributed by atoms with Crippen molar-refractivity contribution in [3.05, 3.63) is 94.5 Å². The van der Waals surface area contributed by atoms with E-state index in [-0.39, 0.29) is 18.9 Å². The molecule has 0 spiro atoms. The van der Waals surface area contributed by atoms with Crippen LogP contribution in [0.25, 0.3) is 11.1 Å². The molecule has 0 heterocycles. The van der Waals surface area contributed by atoms with Crippen LogP contribution in [0.5, 0.6) is 0 Å². The number of benzene rings is 3. The van der Waals surface area contributed by atoms with Gasteiger partial charge in [-0.15, -0.1) is 0 Å². The van der Waals surface area contributed by atoms with Crippen LogP contribution >= 0.6 is 11.6 Å². The molecule has 1 amide bonds. The molecular formula is C25H22ClNO4. The van der Waals surface area contributed by atoms with Crippen LogP contribution in [0.4, 0.5) is 4.79 Å². The van der Waals surface area contributed by atoms with Gasteiger partial charge in [0.1, 0.15) is 6.61 Å². The predicted octanol–water partition coefficient (Wildman–Crippen LogP) is 5.26. The lowest BCUT2D eigenvalue weighted by molar-refractivity contribution is -0.137. The molecule has 3 aromatic rings. The number of hydrogen-bond donors (Lipinski definition) is 2. The number of nitrogens with one attached hydrogen (secondary N) is 1. The molecule has 0 aromatic heterocycles. The number of alkyl carbamates (subject to hydrolysis) is 1. The standard InChI is InChI=1S/C25H22ClNO4/c26-23-12-6-1-7-16(23)13-17(14-24(28)29)27-25(30)31-15-22-20-10-4-2-8-18(20)19-9-3-5-11-21(19)22/h1-12,17,22H,13-15H2,(H,27,30)(H,28,29)/t17-/m1/s1. The Kier molecular flexibility index (Phi) is 6.23. The van der Waals surface area contributed by atoms with Gasteiger partial charge in [0, 0.05) is 17.0 Å². The topological polar surface area (TPSA) is 75.6 Å². The quantitative estimate of drug-likeness (QED) is 0.530. The van der Waals surface area contributed by atoms with Gasteiger partial charge in [-0.3, -0.25) is 4.79 Å². The number of ether oxygens (including phenoxy) is 1. The van der Waals surface area contributed by atoms with Crippen molar-refractivity contribution in [2.75, 3.05) is 6.61 Å². The van der Waals surface area contributed by atoms with Gasteiger partial charge >= 0.3 is 12.1 Å². The van der Waals surface area contributed by atoms with E-state index in [1.165, 1.54) is 0 Å². The Morgan fingerprint density at radius 3 is 2.13 bits per heavy atom. The summed E-state index contributed by atoms with van der Waals surface area (Å²) in [5, 5.41) is 12.5. The van der Waals surface area contributed by atoms with Crippen molar-refractivity contribution in [2.45, 2.75) is 24.8 Å². The van der Waals surface area contributed by atoms with E-state index >= 15 is 0 Å². The molecule has 31 heavy (non-hydrogen) atoms. The molecule has 1 aliphatic carbocycles. The van der Waals surface area contributed by atoms with Gasteiger partial charge < -0.3 is 15.2 Å². The van der Waals surface area contributed by atoms with Crippen LogP contribution in [0, 0.1) is 0 Å². The molecule has 5 nitrogen and oxygen atoms in total. The van der Waals surface area contributed by atoms with Gasteiger partial charge in [0.2, 0.25) is 0 Å². The lowest BCUT2D eigenvalue weighted by atomic mass is 9.98. The molecule has 0 radical (unpaired) electrons. The van der Waals surface area contributed by atoms with Gasteiger partial charge in [0.15, 0.2) is 0 Å². The number of carboxylic acids is 1. The molecule has 3 aromatic carbocycles. The van der Waals surface area contributed by atoms with E-state index in [0.29, 0.717) is 11.4 Å². The highest BCUT2D eigenvalue weighted by molar-refractivity contribution is 6.31. The van der Waals surface area contributed by atoms with Crippen molar-refractivity contribution in [3.8, 4) is 11.1 Å². The summed E-state index contributed by atoms with van der Waals surface area (Å²) in [4.78, 5) is 23.8. The third-order valence-corrected chi connectivity index (χ3v) is 5.88. The molecule has 0 unspecified atom stereocenters. The van der Waals surface area contributed by atoms with Crippen molar-refractivity contribution in [1.29, 1.82) is 0 Å². The maximum absolute atomic E-state index is 12.5. The fourth-order valence-corrected chi connectivity index (χ4v) is 4.33. The van der Waals surface area contributed by atoms with Gasteiger partial charge in [-0.25, -0.2) is 4.79 Å². The number of rotatable bonds is 7. The number of carboxylic acid groups (broad SMARTS) is 1. The molecule has 4 rings (SSSR count). The van der Waals surface area contributed by atoms with Gasteiger partial charge in [-0.05, 0) is 40.3 Å². The molecule has 1 aliphatic rings. The minimum atomic E-state index is -1.00. The predicted molar refractivity (Wildman–Crippen MR) is 119 cm³/mol. The fraction of sp³-hybridized carbons (Fsp3) is 0.200. The van der Waals surface area contributed by atoms with E-state index in [0.717, 1.165) is 27.8 Å². The highest BCUT2D eigenvalue weighted by atomic mass is 35.5. The van der Waals surface area contributed by atoms with Crippen LogP contribution in [0.15, 0.2) is 72.8 Å². The normalized spacial score (nSPS) is 13.2. The highest BCUT2D eigenvalue weighted by Gasteiger charge is 2.29. The van der Waals surface area contributed by atoms with E-state index in [2.05, 4.69) is 17.4 Å². The summed E-state index contributed by atoms with van der Waals surface area (Å²) in [5.74, 6) is -1.06. The Hall–Kier alpha value is -3.31. The van der Waals surface area contributed by atoms with Gasteiger partial charge in [0.05, 0.1) is 6.42 Å². The zero-order chi connectivity index (χ0) is 21.8. The maximum Gasteiger partial charge on any atom is 0.407 e. The van der Waals surface area contributed by atoms with E-state index in [1.54, 1.807) is 12.1 Å². The number of hydrogen-bond acceptors (Lipinski definition) is 3. The van der Waals surface area contributed by atoms with Crippen molar-refractivity contribution in [1.82, 2.24) is 5.32 Å². The van der Waals surface area contributed by atoms with Gasteiger partial charge in [-0.2, -0.15) is 0 Å². The van der Waals surface area contributed by atoms with Gasteiger partial charge in [-0.1, -0.05) is 78.3 Å². The van der Waals surface area contributed by atoms with E-state index in [9.17, 15) is 14.7 Å². The zero-order valence-electron chi connectivity index (χ0n) is 16.8. The lowest BCUT2D eigenvalue weighted by Crippen LogP contribution is -2.39. The summed E-state index contributed by atoms with van der Waals surface area (Å²) in [5.41, 5.74) is 5.31. The molecule has 1 atom stereocenters. The first kappa shape index (κ1) is 20.9. The summed E-state index contributed by atoms with van der Waals surface area (Å²) < 4.78 is 5.54. The Morgan fingerprint density at radius 1 is 0.935 bits per heavy atom. The molecule has 2 N–H and O–H groups in total. The average molecular weight is 436 g/mol. The first-order valence-electron chi connectivity index (χ1n) is 10.1. The number of halogens is 1. The Bertz CT molecular complexity index is 1070. The molecule has 0 fully saturated rings. The summed E-state index contributed by atoms with van der Waals surface area (Å²) in [6.45, 7) is 0.172. The molecular weight excluding hydrogens is 414 g/mol. The Labute approximate surface area is 185 Å². The van der Waals surface area contributed by atoms with Crippen LogP contribution in [0.1, 0.15) is 29.0 Å². The maximum atomic E-state index is 12.5. The van der Waals surface area contributed by atoms with Crippen LogP contribution < -0.4 is 5.32 Å². The van der Waals surface area contributed by atoms with E-state index in [1.807, 2.05) is 48.5 Å². The lowest BCUT2D eigenvalue weighted by Gasteiger charge is -2.19. The van der Waals surface area contributed by atoms with Crippen molar-refractivity contribution < 1.29 is 19.4 Å². The van der Waals surface area contributed by atoms with Crippen LogP contribution in [0.2, 0.25) is 5.02 Å². The number of carbonyl (C=O) groups excluding carboxylic acids is 1. The smallest absolute Gasteiger partial charge is 0.407 e. The number of amides is 1. The number of aliphatic carboxylic acids is 1. The molecule has 6 heteroatoms. The average Bonchev–Trinajstić information content (AvgIpc) is 3.07. The van der Waals surface area contributed by atoms with Crippen molar-refractivity contribution in [2.24, 2.45) is 0 Å². The second-order valence-corrected chi connectivity index (χ2v) is 7.97. The first-order valence-corrected chi connectivity index (χ1v) is 10.5. The molecule has 0 aliphatic heterocycles. The number of carbonyl (C=O) groups is 2. The second kappa shape index (κ2) is 9.23. The first-order chi connectivity index (χ1) is 15.0. The summed E-state index contributed by atoms with van der Waals surface area (Å²) in [7, 11) is 0. The minimum absolute atomic E-state index is 0.0559. The number of fused-ring (bicyclic) bond motifs is 3. The summed E-state index contributed by atoms with van der Waals surface area (Å²) in [6.07, 6.45) is -0.564. The molecule has 0 bridgehead atoms. The Morgan fingerprint density at radius 2 is 1.52 bits per heavy atom.